The SMILES string of the molecule is CN(C)c1c(C(=O)N=[N+]=[N-])cccc1[N+](=O)[O-]. The molecule has 0 aliphatic carbocycles. The molecule has 88 valence electrons. The molecule has 0 N–H and O–H groups in total. The molecule has 1 amide bonds. The van der Waals surface area contributed by atoms with Gasteiger partial charge in [-0.3, -0.25) is 14.9 Å². The van der Waals surface area contributed by atoms with Crippen LogP contribution in [0.25, 0.3) is 10.4 Å². The lowest BCUT2D eigenvalue weighted by molar-refractivity contribution is -0.384. The molecule has 1 rings (SSSR count). The summed E-state index contributed by atoms with van der Waals surface area (Å²) < 4.78 is 0. The molecular formula is C9H9N5O3. The van der Waals surface area contributed by atoms with E-state index in [0.717, 1.165) is 0 Å². The zero-order valence-corrected chi connectivity index (χ0v) is 9.19. The summed E-state index contributed by atoms with van der Waals surface area (Å²) in [5.74, 6) is -0.847. The molecule has 0 saturated heterocycles. The van der Waals surface area contributed by atoms with Crippen LogP contribution in [-0.4, -0.2) is 24.9 Å². The molecule has 0 atom stereocenters. The quantitative estimate of drug-likeness (QED) is 0.262. The lowest BCUT2D eigenvalue weighted by atomic mass is 10.1. The first kappa shape index (κ1) is 12.5. The third-order valence-electron chi connectivity index (χ3n) is 2.02. The number of para-hydroxylation sites is 1. The van der Waals surface area contributed by atoms with Crippen LogP contribution in [0.15, 0.2) is 23.3 Å². The van der Waals surface area contributed by atoms with E-state index in [0.29, 0.717) is 0 Å². The molecule has 0 radical (unpaired) electrons. The Kier molecular flexibility index (Phi) is 3.63. The van der Waals surface area contributed by atoms with Crippen molar-refractivity contribution in [1.29, 1.82) is 0 Å². The summed E-state index contributed by atoms with van der Waals surface area (Å²) in [6, 6.07) is 4.02. The van der Waals surface area contributed by atoms with Crippen LogP contribution in [0.1, 0.15) is 10.4 Å². The highest BCUT2D eigenvalue weighted by atomic mass is 16.6. The number of nitro benzene ring substituents is 1. The lowest BCUT2D eigenvalue weighted by Gasteiger charge is -2.15. The standard InChI is InChI=1S/C9H9N5O3/c1-13(2)8-6(9(15)11-12-10)4-3-5-7(8)14(16)17/h3-5H,1-2H3. The number of hydrogen-bond acceptors (Lipinski definition) is 4. The average Bonchev–Trinajstić information content (AvgIpc) is 2.28. The zero-order chi connectivity index (χ0) is 13.0. The van der Waals surface area contributed by atoms with E-state index in [2.05, 4.69) is 10.0 Å². The molecular weight excluding hydrogens is 226 g/mol. The number of hydrogen-bond donors (Lipinski definition) is 0. The van der Waals surface area contributed by atoms with Crippen LogP contribution < -0.4 is 4.90 Å². The largest absolute Gasteiger partial charge is 0.372 e. The van der Waals surface area contributed by atoms with Gasteiger partial charge < -0.3 is 4.90 Å². The first-order chi connectivity index (χ1) is 7.99. The van der Waals surface area contributed by atoms with Gasteiger partial charge in [0.25, 0.3) is 11.6 Å². The second kappa shape index (κ2) is 4.95. The van der Waals surface area contributed by atoms with E-state index >= 15 is 0 Å². The van der Waals surface area contributed by atoms with Crippen molar-refractivity contribution in [3.63, 3.8) is 0 Å². The second-order valence-corrected chi connectivity index (χ2v) is 3.32. The van der Waals surface area contributed by atoms with E-state index in [1.807, 2.05) is 0 Å². The van der Waals surface area contributed by atoms with Crippen LogP contribution in [-0.2, 0) is 0 Å². The number of nitro groups is 1. The van der Waals surface area contributed by atoms with Crippen molar-refractivity contribution in [1.82, 2.24) is 0 Å². The summed E-state index contributed by atoms with van der Waals surface area (Å²) in [6.07, 6.45) is 0. The zero-order valence-electron chi connectivity index (χ0n) is 9.19. The normalized spacial score (nSPS) is 9.29. The molecule has 8 heteroatoms. The Morgan fingerprint density at radius 1 is 1.53 bits per heavy atom. The molecule has 0 spiro atoms. The minimum absolute atomic E-state index is 0.00185. The van der Waals surface area contributed by atoms with E-state index < -0.39 is 10.8 Å². The third-order valence-corrected chi connectivity index (χ3v) is 2.02. The molecule has 0 aliphatic rings. The van der Waals surface area contributed by atoms with Gasteiger partial charge in [0.2, 0.25) is 0 Å². The summed E-state index contributed by atoms with van der Waals surface area (Å²) >= 11 is 0. The van der Waals surface area contributed by atoms with Gasteiger partial charge in [0.1, 0.15) is 5.69 Å². The number of carbonyl (C=O) groups excluding carboxylic acids is 1. The van der Waals surface area contributed by atoms with Crippen molar-refractivity contribution in [3.05, 3.63) is 44.3 Å². The molecule has 1 aromatic carbocycles. The fraction of sp³-hybridized carbons (Fsp3) is 0.222. The highest BCUT2D eigenvalue weighted by Crippen LogP contribution is 2.30. The van der Waals surface area contributed by atoms with E-state index in [1.165, 1.54) is 23.1 Å². The van der Waals surface area contributed by atoms with Gasteiger partial charge in [-0.05, 0) is 16.7 Å². The molecule has 0 aliphatic heterocycles. The maximum absolute atomic E-state index is 11.5. The Morgan fingerprint density at radius 3 is 2.65 bits per heavy atom. The van der Waals surface area contributed by atoms with Crippen molar-refractivity contribution >= 4 is 17.3 Å². The van der Waals surface area contributed by atoms with Gasteiger partial charge in [0.15, 0.2) is 0 Å². The third kappa shape index (κ3) is 2.50. The van der Waals surface area contributed by atoms with Gasteiger partial charge in [-0.1, -0.05) is 6.07 Å². The predicted molar refractivity (Wildman–Crippen MR) is 60.9 cm³/mol. The number of azide groups is 1. The molecule has 0 unspecified atom stereocenters. The summed E-state index contributed by atoms with van der Waals surface area (Å²) in [4.78, 5) is 25.5. The number of benzene rings is 1. The Balaban J connectivity index is 3.50. The summed E-state index contributed by atoms with van der Waals surface area (Å²) in [5.41, 5.74) is 8.10. The molecule has 8 nitrogen and oxygen atoms in total. The molecule has 0 bridgehead atoms. The molecule has 1 aromatic rings. The van der Waals surface area contributed by atoms with Crippen LogP contribution in [0.5, 0.6) is 0 Å². The van der Waals surface area contributed by atoms with E-state index in [-0.39, 0.29) is 16.9 Å². The molecule has 0 aromatic heterocycles. The highest BCUT2D eigenvalue weighted by Gasteiger charge is 2.22. The van der Waals surface area contributed by atoms with Crippen molar-refractivity contribution in [2.24, 2.45) is 5.11 Å². The molecule has 0 heterocycles. The average molecular weight is 235 g/mol. The highest BCUT2D eigenvalue weighted by molar-refractivity contribution is 6.02. The minimum Gasteiger partial charge on any atom is -0.372 e. The van der Waals surface area contributed by atoms with E-state index in [4.69, 9.17) is 5.53 Å². The minimum atomic E-state index is -0.847. The lowest BCUT2D eigenvalue weighted by Crippen LogP contribution is -2.15. The van der Waals surface area contributed by atoms with Crippen molar-refractivity contribution in [2.75, 3.05) is 19.0 Å². The van der Waals surface area contributed by atoms with Gasteiger partial charge in [0.05, 0.1) is 10.5 Å². The Labute approximate surface area is 96.2 Å². The fourth-order valence-electron chi connectivity index (χ4n) is 1.42. The van der Waals surface area contributed by atoms with Crippen LogP contribution >= 0.6 is 0 Å². The van der Waals surface area contributed by atoms with Gasteiger partial charge >= 0.3 is 0 Å². The molecule has 17 heavy (non-hydrogen) atoms. The van der Waals surface area contributed by atoms with Gasteiger partial charge in [-0.2, -0.15) is 0 Å². The van der Waals surface area contributed by atoms with Crippen molar-refractivity contribution in [3.8, 4) is 0 Å². The first-order valence-corrected chi connectivity index (χ1v) is 4.53. The number of amides is 1. The van der Waals surface area contributed by atoms with Crippen LogP contribution in [0.2, 0.25) is 0 Å². The number of rotatable bonds is 3. The smallest absolute Gasteiger partial charge is 0.293 e. The Morgan fingerprint density at radius 2 is 2.18 bits per heavy atom. The second-order valence-electron chi connectivity index (χ2n) is 3.32. The Hall–Kier alpha value is -2.60. The maximum atomic E-state index is 11.5. The van der Waals surface area contributed by atoms with Crippen molar-refractivity contribution in [2.45, 2.75) is 0 Å². The van der Waals surface area contributed by atoms with E-state index in [1.54, 1.807) is 14.1 Å². The summed E-state index contributed by atoms with van der Waals surface area (Å²) in [5, 5.41) is 13.8. The number of nitrogens with zero attached hydrogens (tertiary/aromatic N) is 5. The predicted octanol–water partition coefficient (Wildman–Crippen LogP) is 2.11. The van der Waals surface area contributed by atoms with Crippen molar-refractivity contribution < 1.29 is 9.72 Å². The Bertz CT molecular complexity index is 519. The monoisotopic (exact) mass is 235 g/mol. The number of anilines is 1. The van der Waals surface area contributed by atoms with Gasteiger partial charge in [0, 0.05) is 25.1 Å². The fourth-order valence-corrected chi connectivity index (χ4v) is 1.42. The molecule has 0 fully saturated rings. The van der Waals surface area contributed by atoms with E-state index in [9.17, 15) is 14.9 Å². The maximum Gasteiger partial charge on any atom is 0.293 e. The van der Waals surface area contributed by atoms with Gasteiger partial charge in [-0.25, -0.2) is 0 Å². The molecule has 0 saturated carbocycles. The van der Waals surface area contributed by atoms with Gasteiger partial charge in [-0.15, -0.1) is 0 Å². The van der Waals surface area contributed by atoms with Crippen LogP contribution in [0.3, 0.4) is 0 Å². The summed E-state index contributed by atoms with van der Waals surface area (Å²) in [7, 11) is 3.13. The topological polar surface area (TPSA) is 112 Å². The number of carbonyl (C=O) groups is 1. The van der Waals surface area contributed by atoms with Crippen LogP contribution in [0.4, 0.5) is 11.4 Å². The van der Waals surface area contributed by atoms with Crippen LogP contribution in [0, 0.1) is 10.1 Å². The summed E-state index contributed by atoms with van der Waals surface area (Å²) in [6.45, 7) is 0. The first-order valence-electron chi connectivity index (χ1n) is 4.53.